The Kier molecular flexibility index (Phi) is 4.51. The molecule has 0 N–H and O–H groups in total. The number of nitrogens with zero attached hydrogens (tertiary/aromatic N) is 5. The van der Waals surface area contributed by atoms with Crippen LogP contribution in [-0.4, -0.2) is 44.0 Å². The molecule has 0 radical (unpaired) electrons. The van der Waals surface area contributed by atoms with Gasteiger partial charge in [-0.2, -0.15) is 0 Å². The van der Waals surface area contributed by atoms with Crippen LogP contribution < -0.4 is 4.74 Å². The molecular weight excluding hydrogens is 410 g/mol. The summed E-state index contributed by atoms with van der Waals surface area (Å²) >= 11 is 1.61. The molecule has 0 atom stereocenters. The number of hydrogen-bond donors (Lipinski definition) is 0. The average molecular weight is 432 g/mol. The number of carbonyl (C=O) groups is 1. The van der Waals surface area contributed by atoms with Gasteiger partial charge in [-0.1, -0.05) is 0 Å². The number of aryl methyl sites for hydroxylation is 2. The third kappa shape index (κ3) is 3.25. The summed E-state index contributed by atoms with van der Waals surface area (Å²) in [5, 5.41) is 0.904. The van der Waals surface area contributed by atoms with Crippen molar-refractivity contribution in [3.8, 4) is 22.2 Å². The zero-order valence-corrected chi connectivity index (χ0v) is 18.5. The third-order valence-electron chi connectivity index (χ3n) is 5.24. The van der Waals surface area contributed by atoms with Crippen LogP contribution in [0.4, 0.5) is 0 Å². The van der Waals surface area contributed by atoms with Crippen molar-refractivity contribution in [3.63, 3.8) is 0 Å². The molecule has 1 amide bonds. The van der Waals surface area contributed by atoms with Crippen molar-refractivity contribution >= 4 is 38.4 Å². The molecule has 5 rings (SSSR count). The quantitative estimate of drug-likeness (QED) is 0.414. The van der Waals surface area contributed by atoms with Gasteiger partial charge >= 0.3 is 0 Å². The van der Waals surface area contributed by atoms with Gasteiger partial charge in [0.25, 0.3) is 5.91 Å². The molecule has 0 aliphatic heterocycles. The van der Waals surface area contributed by atoms with Crippen LogP contribution in [0.3, 0.4) is 0 Å². The van der Waals surface area contributed by atoms with Gasteiger partial charge in [-0.3, -0.25) is 9.78 Å². The first kappa shape index (κ1) is 19.3. The van der Waals surface area contributed by atoms with Crippen molar-refractivity contribution in [2.75, 3.05) is 14.1 Å². The fourth-order valence-corrected chi connectivity index (χ4v) is 4.78. The predicted octanol–water partition coefficient (Wildman–Crippen LogP) is 4.68. The van der Waals surface area contributed by atoms with Gasteiger partial charge in [-0.05, 0) is 18.2 Å². The highest BCUT2D eigenvalue weighted by molar-refractivity contribution is 7.22. The number of carbonyl (C=O) groups excluding carboxylic acids is 1. The molecule has 7 nitrogen and oxygen atoms in total. The van der Waals surface area contributed by atoms with Crippen molar-refractivity contribution in [3.05, 3.63) is 60.7 Å². The monoisotopic (exact) mass is 431 g/mol. The van der Waals surface area contributed by atoms with E-state index in [1.807, 2.05) is 66.0 Å². The Labute approximate surface area is 183 Å². The molecule has 5 aromatic rings. The maximum absolute atomic E-state index is 12.5. The Morgan fingerprint density at radius 2 is 1.90 bits per heavy atom. The van der Waals surface area contributed by atoms with Gasteiger partial charge in [-0.15, -0.1) is 11.3 Å². The van der Waals surface area contributed by atoms with Gasteiger partial charge < -0.3 is 18.8 Å². The van der Waals surface area contributed by atoms with Crippen molar-refractivity contribution in [2.24, 2.45) is 14.1 Å². The smallest absolute Gasteiger partial charge is 0.255 e. The van der Waals surface area contributed by atoms with Crippen molar-refractivity contribution < 1.29 is 9.53 Å². The van der Waals surface area contributed by atoms with E-state index in [-0.39, 0.29) is 5.91 Å². The molecule has 31 heavy (non-hydrogen) atoms. The highest BCUT2D eigenvalue weighted by Crippen LogP contribution is 2.39. The van der Waals surface area contributed by atoms with Gasteiger partial charge in [0.05, 0.1) is 26.2 Å². The summed E-state index contributed by atoms with van der Waals surface area (Å²) in [6, 6.07) is 9.70. The summed E-state index contributed by atoms with van der Waals surface area (Å²) < 4.78 is 11.2. The Hall–Kier alpha value is -3.65. The third-order valence-corrected chi connectivity index (χ3v) is 6.38. The molecule has 0 spiro atoms. The summed E-state index contributed by atoms with van der Waals surface area (Å²) in [5.74, 6) is 2.33. The molecule has 0 saturated heterocycles. The van der Waals surface area contributed by atoms with E-state index >= 15 is 0 Å². The molecule has 4 aromatic heterocycles. The lowest BCUT2D eigenvalue weighted by Gasteiger charge is -2.09. The fourth-order valence-electron chi connectivity index (χ4n) is 3.67. The summed E-state index contributed by atoms with van der Waals surface area (Å²) in [4.78, 5) is 24.0. The van der Waals surface area contributed by atoms with Crippen LogP contribution in [0.5, 0.6) is 11.5 Å². The lowest BCUT2D eigenvalue weighted by molar-refractivity contribution is 0.0829. The summed E-state index contributed by atoms with van der Waals surface area (Å²) in [5.41, 5.74) is 2.49. The number of thiophene rings is 1. The molecule has 0 fully saturated rings. The molecule has 156 valence electrons. The molecule has 1 aromatic carbocycles. The topological polar surface area (TPSA) is 65.2 Å². The number of rotatable bonds is 4. The van der Waals surface area contributed by atoms with Gasteiger partial charge in [0.15, 0.2) is 0 Å². The summed E-state index contributed by atoms with van der Waals surface area (Å²) in [6.07, 6.45) is 7.32. The number of amides is 1. The Morgan fingerprint density at radius 3 is 2.65 bits per heavy atom. The number of pyridine rings is 1. The van der Waals surface area contributed by atoms with Gasteiger partial charge in [0, 0.05) is 70.5 Å². The molecule has 0 saturated carbocycles. The van der Waals surface area contributed by atoms with E-state index in [1.165, 1.54) is 0 Å². The van der Waals surface area contributed by atoms with Crippen molar-refractivity contribution in [1.29, 1.82) is 0 Å². The van der Waals surface area contributed by atoms with Crippen molar-refractivity contribution in [2.45, 2.75) is 0 Å². The van der Waals surface area contributed by atoms with E-state index in [1.54, 1.807) is 42.7 Å². The summed E-state index contributed by atoms with van der Waals surface area (Å²) in [6.45, 7) is 0. The maximum atomic E-state index is 12.5. The van der Waals surface area contributed by atoms with Crippen LogP contribution in [0, 0.1) is 0 Å². The lowest BCUT2D eigenvalue weighted by atomic mass is 10.1. The standard InChI is InChI=1S/C23H21N5O2S/c1-26(2)23(29)16-13-28(4)18-11-14(5-6-15(16)18)30-19-7-8-24-17-12-20(31-21(17)19)22-25-9-10-27(22)3/h5-13H,1-4H3. The molecule has 8 heteroatoms. The second-order valence-electron chi connectivity index (χ2n) is 7.63. The van der Waals surface area contributed by atoms with E-state index in [0.29, 0.717) is 11.3 Å². The van der Waals surface area contributed by atoms with E-state index in [2.05, 4.69) is 9.97 Å². The number of aromatic nitrogens is 4. The first-order valence-corrected chi connectivity index (χ1v) is 10.6. The predicted molar refractivity (Wildman–Crippen MR) is 123 cm³/mol. The SMILES string of the molecule is CN(C)C(=O)c1cn(C)c2cc(Oc3ccnc4cc(-c5nccn5C)sc34)ccc12. The molecule has 4 heterocycles. The van der Waals surface area contributed by atoms with E-state index in [9.17, 15) is 4.79 Å². The Morgan fingerprint density at radius 1 is 1.06 bits per heavy atom. The Balaban J connectivity index is 1.54. The molecule has 0 aliphatic rings. The number of fused-ring (bicyclic) bond motifs is 2. The second kappa shape index (κ2) is 7.24. The van der Waals surface area contributed by atoms with E-state index < -0.39 is 0 Å². The largest absolute Gasteiger partial charge is 0.456 e. The van der Waals surface area contributed by atoms with Gasteiger partial charge in [0.2, 0.25) is 0 Å². The number of benzene rings is 1. The first-order valence-electron chi connectivity index (χ1n) is 9.77. The molecule has 0 aliphatic carbocycles. The van der Waals surface area contributed by atoms with E-state index in [0.717, 1.165) is 37.6 Å². The maximum Gasteiger partial charge on any atom is 0.255 e. The second-order valence-corrected chi connectivity index (χ2v) is 8.68. The minimum Gasteiger partial charge on any atom is -0.456 e. The van der Waals surface area contributed by atoms with E-state index in [4.69, 9.17) is 4.74 Å². The highest BCUT2D eigenvalue weighted by Gasteiger charge is 2.17. The zero-order chi connectivity index (χ0) is 21.7. The summed E-state index contributed by atoms with van der Waals surface area (Å²) in [7, 11) is 7.42. The molecule has 0 unspecified atom stereocenters. The van der Waals surface area contributed by atoms with Crippen LogP contribution in [0.25, 0.3) is 31.8 Å². The normalized spacial score (nSPS) is 11.4. The first-order chi connectivity index (χ1) is 14.9. The van der Waals surface area contributed by atoms with Gasteiger partial charge in [-0.25, -0.2) is 4.98 Å². The van der Waals surface area contributed by atoms with Gasteiger partial charge in [0.1, 0.15) is 17.3 Å². The number of hydrogen-bond acceptors (Lipinski definition) is 5. The van der Waals surface area contributed by atoms with Crippen molar-refractivity contribution in [1.82, 2.24) is 24.0 Å². The van der Waals surface area contributed by atoms with Crippen LogP contribution in [0.1, 0.15) is 10.4 Å². The molecular formula is C23H21N5O2S. The highest BCUT2D eigenvalue weighted by atomic mass is 32.1. The minimum atomic E-state index is -0.0180. The van der Waals surface area contributed by atoms with Crippen LogP contribution in [-0.2, 0) is 14.1 Å². The van der Waals surface area contributed by atoms with Crippen LogP contribution >= 0.6 is 11.3 Å². The molecule has 0 bridgehead atoms. The van der Waals surface area contributed by atoms with Crippen LogP contribution in [0.15, 0.2) is 55.1 Å². The zero-order valence-electron chi connectivity index (χ0n) is 17.7. The fraction of sp³-hybridized carbons (Fsp3) is 0.174. The number of ether oxygens (including phenoxy) is 1. The number of imidazole rings is 1. The average Bonchev–Trinajstić information content (AvgIpc) is 3.45. The lowest BCUT2D eigenvalue weighted by Crippen LogP contribution is -2.21. The Bertz CT molecular complexity index is 1440. The van der Waals surface area contributed by atoms with Crippen LogP contribution in [0.2, 0.25) is 0 Å². The minimum absolute atomic E-state index is 0.0180.